The number of halogens is 2. The third-order valence-electron chi connectivity index (χ3n) is 5.82. The topological polar surface area (TPSA) is 84.0 Å². The van der Waals surface area contributed by atoms with E-state index in [4.69, 9.17) is 9.47 Å². The molecule has 1 aromatic carbocycles. The highest BCUT2D eigenvalue weighted by Crippen LogP contribution is 2.31. The summed E-state index contributed by atoms with van der Waals surface area (Å²) in [5.41, 5.74) is 1.22. The second-order valence-electron chi connectivity index (χ2n) is 9.82. The van der Waals surface area contributed by atoms with Crippen LogP contribution in [0.25, 0.3) is 10.9 Å². The minimum atomic E-state index is -1.38. The third-order valence-corrected chi connectivity index (χ3v) is 6.69. The zero-order valence-corrected chi connectivity index (χ0v) is 21.9. The molecule has 10 heteroatoms. The first-order valence-corrected chi connectivity index (χ1v) is 12.5. The minimum absolute atomic E-state index is 0.0568. The number of rotatable bonds is 3. The van der Waals surface area contributed by atoms with Crippen LogP contribution in [0.5, 0.6) is 0 Å². The quantitative estimate of drug-likeness (QED) is 0.557. The Kier molecular flexibility index (Phi) is 7.18. The Labute approximate surface area is 212 Å². The summed E-state index contributed by atoms with van der Waals surface area (Å²) < 4.78 is 27.0. The van der Waals surface area contributed by atoms with Gasteiger partial charge in [-0.25, -0.2) is 9.18 Å². The molecular formula is C24H30FIN4O4. The first kappa shape index (κ1) is 24.9. The molecule has 2 aromatic rings. The van der Waals surface area contributed by atoms with Gasteiger partial charge in [-0.2, -0.15) is 0 Å². The average Bonchev–Trinajstić information content (AvgIpc) is 3.13. The van der Waals surface area contributed by atoms with Crippen LogP contribution < -0.4 is 10.2 Å². The molecule has 3 heterocycles. The van der Waals surface area contributed by atoms with Gasteiger partial charge in [0.1, 0.15) is 11.8 Å². The number of anilines is 1. The molecule has 2 aliphatic rings. The number of nitrogens with one attached hydrogen (secondary N) is 1. The van der Waals surface area contributed by atoms with Gasteiger partial charge in [0.15, 0.2) is 6.10 Å². The number of benzene rings is 1. The zero-order chi connectivity index (χ0) is 24.6. The number of aromatic nitrogens is 1. The summed E-state index contributed by atoms with van der Waals surface area (Å²) in [7, 11) is 0. The van der Waals surface area contributed by atoms with Crippen LogP contribution in [0, 0.1) is 3.57 Å². The van der Waals surface area contributed by atoms with E-state index < -0.39 is 30.0 Å². The number of hydrogen-bond donors (Lipinski definition) is 1. The number of pyridine rings is 1. The smallest absolute Gasteiger partial charge is 0.410 e. The van der Waals surface area contributed by atoms with Crippen molar-refractivity contribution in [1.82, 2.24) is 15.2 Å². The van der Waals surface area contributed by atoms with Crippen molar-refractivity contribution >= 4 is 51.2 Å². The van der Waals surface area contributed by atoms with Crippen LogP contribution in [0.1, 0.15) is 27.7 Å². The number of carbonyl (C=O) groups excluding carboxylic acids is 2. The molecule has 2 amide bonds. The minimum Gasteiger partial charge on any atom is -0.444 e. The molecule has 2 saturated heterocycles. The number of hydrogen-bond acceptors (Lipinski definition) is 6. The van der Waals surface area contributed by atoms with E-state index in [1.165, 1.54) is 4.90 Å². The average molecular weight is 584 g/mol. The summed E-state index contributed by atoms with van der Waals surface area (Å²) in [5, 5.41) is 3.77. The normalized spacial score (nSPS) is 25.5. The highest BCUT2D eigenvalue weighted by Gasteiger charge is 2.40. The van der Waals surface area contributed by atoms with Gasteiger partial charge in [-0.05, 0) is 74.6 Å². The van der Waals surface area contributed by atoms with Gasteiger partial charge >= 0.3 is 6.09 Å². The third kappa shape index (κ3) is 5.54. The molecule has 2 unspecified atom stereocenters. The maximum atomic E-state index is 14.7. The Morgan fingerprint density at radius 1 is 1.21 bits per heavy atom. The molecular weight excluding hydrogens is 554 g/mol. The standard InChI is InChI=1S/C24H30FIN4O4/c1-14-10-29(19-8-7-17(26)21-15(19)6-5-9-27-21)13-20(33-14)22(31)28-18-12-30(11-16(18)25)23(32)34-24(2,3)4/h5-9,14,16,18,20H,10-13H2,1-4H3,(H,28,31)/t14-,16?,18?,20-/m1/s1. The van der Waals surface area contributed by atoms with Crippen LogP contribution in [0.15, 0.2) is 30.5 Å². The number of fused-ring (bicyclic) bond motifs is 1. The Hall–Kier alpha value is -2.21. The van der Waals surface area contributed by atoms with Gasteiger partial charge in [-0.15, -0.1) is 0 Å². The van der Waals surface area contributed by atoms with Crippen molar-refractivity contribution in [3.05, 3.63) is 34.0 Å². The van der Waals surface area contributed by atoms with Gasteiger partial charge in [0.2, 0.25) is 0 Å². The van der Waals surface area contributed by atoms with Gasteiger partial charge in [0, 0.05) is 33.9 Å². The van der Waals surface area contributed by atoms with Gasteiger partial charge < -0.3 is 24.6 Å². The van der Waals surface area contributed by atoms with Crippen LogP contribution in [-0.2, 0) is 14.3 Å². The van der Waals surface area contributed by atoms with Crippen molar-refractivity contribution in [3.8, 4) is 0 Å². The lowest BCUT2D eigenvalue weighted by Crippen LogP contribution is -2.55. The summed E-state index contributed by atoms with van der Waals surface area (Å²) in [6.07, 6.45) is -1.15. The molecule has 2 fully saturated rings. The summed E-state index contributed by atoms with van der Waals surface area (Å²) in [5.74, 6) is -0.386. The zero-order valence-electron chi connectivity index (χ0n) is 19.8. The van der Waals surface area contributed by atoms with Crippen LogP contribution in [-0.4, -0.2) is 78.1 Å². The first-order valence-electron chi connectivity index (χ1n) is 11.4. The fraction of sp³-hybridized carbons (Fsp3) is 0.542. The molecule has 1 N–H and O–H groups in total. The maximum absolute atomic E-state index is 14.7. The van der Waals surface area contributed by atoms with Gasteiger partial charge in [0.25, 0.3) is 5.91 Å². The molecule has 1 aromatic heterocycles. The summed E-state index contributed by atoms with van der Waals surface area (Å²) >= 11 is 2.26. The molecule has 0 saturated carbocycles. The van der Waals surface area contributed by atoms with Crippen LogP contribution in [0.3, 0.4) is 0 Å². The molecule has 0 spiro atoms. The van der Waals surface area contributed by atoms with Crippen molar-refractivity contribution in [2.24, 2.45) is 0 Å². The number of morpholine rings is 1. The van der Waals surface area contributed by atoms with Crippen molar-refractivity contribution in [2.45, 2.75) is 57.7 Å². The predicted molar refractivity (Wildman–Crippen MR) is 136 cm³/mol. The molecule has 184 valence electrons. The van der Waals surface area contributed by atoms with E-state index in [1.807, 2.05) is 31.2 Å². The van der Waals surface area contributed by atoms with Crippen molar-refractivity contribution in [1.29, 1.82) is 0 Å². The lowest BCUT2D eigenvalue weighted by molar-refractivity contribution is -0.138. The molecule has 4 rings (SSSR count). The number of amides is 2. The van der Waals surface area contributed by atoms with E-state index in [2.05, 4.69) is 37.8 Å². The molecule has 2 aliphatic heterocycles. The van der Waals surface area contributed by atoms with Gasteiger partial charge in [-0.1, -0.05) is 0 Å². The van der Waals surface area contributed by atoms with Crippen LogP contribution in [0.2, 0.25) is 0 Å². The Morgan fingerprint density at radius 3 is 2.71 bits per heavy atom. The SMILES string of the molecule is C[C@@H]1CN(c2ccc(I)c3ncccc23)C[C@H](C(=O)NC2CN(C(=O)OC(C)(C)C)CC2F)O1. The van der Waals surface area contributed by atoms with E-state index in [9.17, 15) is 14.0 Å². The lowest BCUT2D eigenvalue weighted by Gasteiger charge is -2.38. The monoisotopic (exact) mass is 584 g/mol. The molecule has 8 nitrogen and oxygen atoms in total. The van der Waals surface area contributed by atoms with E-state index in [0.29, 0.717) is 13.1 Å². The Balaban J connectivity index is 1.44. The Bertz CT molecular complexity index is 1080. The molecule has 4 atom stereocenters. The summed E-state index contributed by atoms with van der Waals surface area (Å²) in [6, 6.07) is 7.15. The second-order valence-corrected chi connectivity index (χ2v) is 11.0. The fourth-order valence-electron chi connectivity index (χ4n) is 4.34. The highest BCUT2D eigenvalue weighted by atomic mass is 127. The molecule has 0 bridgehead atoms. The number of ether oxygens (including phenoxy) is 2. The maximum Gasteiger partial charge on any atom is 0.410 e. The second kappa shape index (κ2) is 9.80. The largest absolute Gasteiger partial charge is 0.444 e. The van der Waals surface area contributed by atoms with E-state index >= 15 is 0 Å². The first-order chi connectivity index (χ1) is 16.0. The number of alkyl halides is 1. The number of nitrogens with zero attached hydrogens (tertiary/aromatic N) is 3. The van der Waals surface area contributed by atoms with E-state index in [-0.39, 0.29) is 25.1 Å². The molecule has 34 heavy (non-hydrogen) atoms. The predicted octanol–water partition coefficient (Wildman–Crippen LogP) is 3.51. The summed E-state index contributed by atoms with van der Waals surface area (Å²) in [6.45, 7) is 8.08. The van der Waals surface area contributed by atoms with Crippen molar-refractivity contribution < 1.29 is 23.5 Å². The molecule has 0 radical (unpaired) electrons. The fourth-order valence-corrected chi connectivity index (χ4v) is 4.95. The number of likely N-dealkylation sites (tertiary alicyclic amines) is 1. The van der Waals surface area contributed by atoms with Crippen molar-refractivity contribution in [3.63, 3.8) is 0 Å². The van der Waals surface area contributed by atoms with Crippen LogP contribution in [0.4, 0.5) is 14.9 Å². The summed E-state index contributed by atoms with van der Waals surface area (Å²) in [4.78, 5) is 33.3. The van der Waals surface area contributed by atoms with Gasteiger partial charge in [-0.3, -0.25) is 9.78 Å². The van der Waals surface area contributed by atoms with Crippen molar-refractivity contribution in [2.75, 3.05) is 31.1 Å². The Morgan fingerprint density at radius 2 is 1.97 bits per heavy atom. The van der Waals surface area contributed by atoms with Gasteiger partial charge in [0.05, 0.1) is 30.8 Å². The molecule has 0 aliphatic carbocycles. The number of carbonyl (C=O) groups is 2. The highest BCUT2D eigenvalue weighted by molar-refractivity contribution is 14.1. The lowest BCUT2D eigenvalue weighted by atomic mass is 10.1. The van der Waals surface area contributed by atoms with E-state index in [1.54, 1.807) is 27.0 Å². The van der Waals surface area contributed by atoms with E-state index in [0.717, 1.165) is 20.2 Å². The van der Waals surface area contributed by atoms with Crippen LogP contribution >= 0.6 is 22.6 Å².